The van der Waals surface area contributed by atoms with Gasteiger partial charge >= 0.3 is 0 Å². The van der Waals surface area contributed by atoms with E-state index in [4.69, 9.17) is 19.7 Å². The van der Waals surface area contributed by atoms with Crippen molar-refractivity contribution in [2.45, 2.75) is 91.3 Å². The first-order valence-corrected chi connectivity index (χ1v) is 26.9. The summed E-state index contributed by atoms with van der Waals surface area (Å²) in [7, 11) is -0.506. The molecule has 3 aromatic heterocycles. The third kappa shape index (κ3) is 8.58. The molecule has 0 atom stereocenters. The van der Waals surface area contributed by atoms with Crippen LogP contribution in [-0.2, 0) is 42.4 Å². The highest BCUT2D eigenvalue weighted by Crippen LogP contribution is 2.36. The Bertz CT molecular complexity index is 2270. The van der Waals surface area contributed by atoms with Crippen LogP contribution in [0.15, 0.2) is 59.4 Å². The van der Waals surface area contributed by atoms with Gasteiger partial charge in [0.25, 0.3) is 11.5 Å². The number of amides is 1. The Balaban J connectivity index is 1.22. The van der Waals surface area contributed by atoms with Gasteiger partial charge in [-0.15, -0.1) is 0 Å². The van der Waals surface area contributed by atoms with Crippen LogP contribution in [0.3, 0.4) is 0 Å². The van der Waals surface area contributed by atoms with Crippen LogP contribution in [0.2, 0.25) is 51.4 Å². The van der Waals surface area contributed by atoms with Gasteiger partial charge in [-0.1, -0.05) is 69.6 Å². The van der Waals surface area contributed by atoms with Crippen LogP contribution in [0.25, 0.3) is 22.2 Å². The van der Waals surface area contributed by atoms with Gasteiger partial charge < -0.3 is 24.3 Å². The Morgan fingerprint density at radius 3 is 2.31 bits per heavy atom. The minimum atomic E-state index is -1.33. The Kier molecular flexibility index (Phi) is 11.1. The molecule has 0 saturated carbocycles. The maximum absolute atomic E-state index is 14.6. The van der Waals surface area contributed by atoms with Gasteiger partial charge in [0.1, 0.15) is 24.8 Å². The molecule has 7 rings (SSSR count). The molecule has 0 radical (unpaired) electrons. The second-order valence-electron chi connectivity index (χ2n) is 17.5. The molecule has 0 aliphatic carbocycles. The van der Waals surface area contributed by atoms with Crippen LogP contribution in [0.4, 0.5) is 17.2 Å². The molecule has 0 saturated heterocycles. The predicted octanol–water partition coefficient (Wildman–Crippen LogP) is 7.39. The van der Waals surface area contributed by atoms with Crippen molar-refractivity contribution in [2.24, 2.45) is 0 Å². The third-order valence-corrected chi connectivity index (χ3v) is 14.0. The van der Waals surface area contributed by atoms with E-state index in [0.717, 1.165) is 77.1 Å². The fourth-order valence-electron chi connectivity index (χ4n) is 7.39. The number of aromatic nitrogens is 5. The first kappa shape index (κ1) is 38.9. The van der Waals surface area contributed by atoms with Crippen molar-refractivity contribution in [1.29, 1.82) is 0 Å². The number of hydrogen-bond acceptors (Lipinski definition) is 8. The number of fused-ring (bicyclic) bond motifs is 4. The molecule has 12 nitrogen and oxygen atoms in total. The molecule has 0 unspecified atom stereocenters. The van der Waals surface area contributed by atoms with Crippen LogP contribution >= 0.6 is 0 Å². The molecule has 0 fully saturated rings. The largest absolute Gasteiger partial charge is 0.361 e. The highest BCUT2D eigenvalue weighted by molar-refractivity contribution is 6.76. The quantitative estimate of drug-likeness (QED) is 0.0918. The lowest BCUT2D eigenvalue weighted by atomic mass is 9.98. The van der Waals surface area contributed by atoms with E-state index in [0.29, 0.717) is 49.4 Å². The number of ether oxygens (including phenoxy) is 2. The van der Waals surface area contributed by atoms with Crippen LogP contribution < -0.4 is 15.8 Å². The summed E-state index contributed by atoms with van der Waals surface area (Å²) in [4.78, 5) is 32.7. The van der Waals surface area contributed by atoms with Gasteiger partial charge in [0.05, 0.1) is 23.4 Å². The average Bonchev–Trinajstić information content (AvgIpc) is 3.67. The third-order valence-electron chi connectivity index (χ3n) is 10.6. The van der Waals surface area contributed by atoms with E-state index < -0.39 is 16.1 Å². The van der Waals surface area contributed by atoms with Crippen molar-refractivity contribution in [3.63, 3.8) is 0 Å². The molecule has 14 heteroatoms. The van der Waals surface area contributed by atoms with Gasteiger partial charge in [-0.25, -0.2) is 4.68 Å². The van der Waals surface area contributed by atoms with Crippen LogP contribution in [0.5, 0.6) is 0 Å². The first-order chi connectivity index (χ1) is 26.2. The SMILES string of the molecule is Cc1c(-c2cc(Nc3cc4n(n3)CCN(C)C4)c(=O)n(COCC[Si](C)(C)C)n2)cccc1N1CCc2c(n(COCC[Si](C)(C)C)c3ccccc23)C1=O. The molecular formula is C41H56N8O4Si2. The van der Waals surface area contributed by atoms with Crippen LogP contribution in [0, 0.1) is 6.92 Å². The van der Waals surface area contributed by atoms with E-state index in [9.17, 15) is 9.59 Å². The maximum atomic E-state index is 14.6. The summed E-state index contributed by atoms with van der Waals surface area (Å²) < 4.78 is 17.8. The molecule has 0 spiro atoms. The fraction of sp³-hybridized carbons (Fsp3) is 0.463. The minimum absolute atomic E-state index is 0.0347. The Morgan fingerprint density at radius 1 is 0.836 bits per heavy atom. The molecule has 2 aliphatic heterocycles. The smallest absolute Gasteiger partial charge is 0.292 e. The fourth-order valence-corrected chi connectivity index (χ4v) is 8.91. The summed E-state index contributed by atoms with van der Waals surface area (Å²) in [5.74, 6) is 0.572. The number of carbonyl (C=O) groups is 1. The lowest BCUT2D eigenvalue weighted by molar-refractivity contribution is 0.0754. The average molecular weight is 781 g/mol. The lowest BCUT2D eigenvalue weighted by Crippen LogP contribution is -2.39. The van der Waals surface area contributed by atoms with Crippen molar-refractivity contribution in [3.8, 4) is 11.3 Å². The summed E-state index contributed by atoms with van der Waals surface area (Å²) in [6.07, 6.45) is 0.726. The second-order valence-corrected chi connectivity index (χ2v) is 28.7. The van der Waals surface area contributed by atoms with E-state index in [1.807, 2.05) is 52.9 Å². The number of likely N-dealkylation sites (N-methyl/N-ethyl adjacent to an activating group) is 1. The predicted molar refractivity (Wildman–Crippen MR) is 226 cm³/mol. The summed E-state index contributed by atoms with van der Waals surface area (Å²) in [5, 5.41) is 14.0. The van der Waals surface area contributed by atoms with E-state index in [-0.39, 0.29) is 18.2 Å². The number of para-hydroxylation sites is 1. The van der Waals surface area contributed by atoms with Crippen molar-refractivity contribution in [1.82, 2.24) is 29.0 Å². The van der Waals surface area contributed by atoms with Gasteiger partial charge in [-0.05, 0) is 61.8 Å². The molecule has 2 aromatic carbocycles. The van der Waals surface area contributed by atoms with Gasteiger partial charge in [0, 0.05) is 71.7 Å². The summed E-state index contributed by atoms with van der Waals surface area (Å²) in [5.41, 5.74) is 7.11. The zero-order valence-electron chi connectivity index (χ0n) is 33.7. The van der Waals surface area contributed by atoms with Gasteiger partial charge in [0.2, 0.25) is 0 Å². The first-order valence-electron chi connectivity index (χ1n) is 19.5. The highest BCUT2D eigenvalue weighted by atomic mass is 28.3. The monoisotopic (exact) mass is 780 g/mol. The molecule has 0 bridgehead atoms. The number of rotatable bonds is 14. The van der Waals surface area contributed by atoms with Crippen LogP contribution in [-0.4, -0.2) is 84.4 Å². The molecule has 55 heavy (non-hydrogen) atoms. The number of benzene rings is 2. The van der Waals surface area contributed by atoms with Gasteiger partial charge in [0.15, 0.2) is 5.82 Å². The van der Waals surface area contributed by atoms with E-state index in [2.05, 4.69) is 73.2 Å². The van der Waals surface area contributed by atoms with E-state index in [1.54, 1.807) is 6.07 Å². The molecule has 1 N–H and O–H groups in total. The number of nitrogens with zero attached hydrogens (tertiary/aromatic N) is 7. The summed E-state index contributed by atoms with van der Waals surface area (Å²) in [6.45, 7) is 20.6. The molecular weight excluding hydrogens is 725 g/mol. The highest BCUT2D eigenvalue weighted by Gasteiger charge is 2.33. The van der Waals surface area contributed by atoms with Crippen molar-refractivity contribution >= 4 is 50.2 Å². The van der Waals surface area contributed by atoms with Crippen molar-refractivity contribution in [3.05, 3.63) is 87.5 Å². The zero-order chi connectivity index (χ0) is 39.1. The Labute approximate surface area is 326 Å². The molecule has 1 amide bonds. The standard InChI is InChI=1S/C41H56N8O4Si2/c1-29-31(34-25-35(40(50)49(43-34)28-53-21-23-55(6,7)8)42-38-24-30-26-45(2)18-19-48(30)44-38)13-11-15-36(29)46-17-16-33-32-12-9-10-14-37(32)47(39(33)41(46)51)27-52-20-22-54(3,4)5/h9-15,24-25H,16-23,26-28H2,1-8H3,(H,42,44). The summed E-state index contributed by atoms with van der Waals surface area (Å²) in [6, 6.07) is 20.1. The number of hydrogen-bond donors (Lipinski definition) is 1. The van der Waals surface area contributed by atoms with Gasteiger partial charge in [-0.2, -0.15) is 10.2 Å². The molecule has 292 valence electrons. The molecule has 2 aliphatic rings. The van der Waals surface area contributed by atoms with Crippen molar-refractivity contribution < 1.29 is 14.3 Å². The van der Waals surface area contributed by atoms with E-state index >= 15 is 0 Å². The number of carbonyl (C=O) groups excluding carboxylic acids is 1. The van der Waals surface area contributed by atoms with Gasteiger partial charge in [-0.3, -0.25) is 19.2 Å². The minimum Gasteiger partial charge on any atom is -0.361 e. The Morgan fingerprint density at radius 2 is 1.56 bits per heavy atom. The van der Waals surface area contributed by atoms with Crippen molar-refractivity contribution in [2.75, 3.05) is 43.6 Å². The molecule has 5 aromatic rings. The maximum Gasteiger partial charge on any atom is 0.292 e. The normalized spacial score (nSPS) is 15.1. The number of nitrogens with one attached hydrogen (secondary N) is 1. The number of anilines is 3. The topological polar surface area (TPSA) is 112 Å². The van der Waals surface area contributed by atoms with Crippen LogP contribution in [0.1, 0.15) is 27.3 Å². The summed E-state index contributed by atoms with van der Waals surface area (Å²) >= 11 is 0. The molecule has 5 heterocycles. The van der Waals surface area contributed by atoms with E-state index in [1.165, 1.54) is 4.68 Å². The lowest BCUT2D eigenvalue weighted by Gasteiger charge is -2.30. The second kappa shape index (κ2) is 15.7. The zero-order valence-corrected chi connectivity index (χ0v) is 35.7. The Hall–Kier alpha value is -4.35.